The number of rotatable bonds is 4. The third-order valence-electron chi connectivity index (χ3n) is 2.08. The van der Waals surface area contributed by atoms with Crippen LogP contribution in [0.5, 0.6) is 5.75 Å². The van der Waals surface area contributed by atoms with E-state index < -0.39 is 5.95 Å². The van der Waals surface area contributed by atoms with Gasteiger partial charge < -0.3 is 14.2 Å². The molecule has 0 spiro atoms. The van der Waals surface area contributed by atoms with Crippen LogP contribution in [0.15, 0.2) is 12.3 Å². The Balaban J connectivity index is 1.78. The predicted octanol–water partition coefficient (Wildman–Crippen LogP) is 2.02. The molecule has 1 fully saturated rings. The summed E-state index contributed by atoms with van der Waals surface area (Å²) >= 11 is 5.55. The van der Waals surface area contributed by atoms with Crippen molar-refractivity contribution >= 4 is 11.6 Å². The Morgan fingerprint density at radius 2 is 2.25 bits per heavy atom. The van der Waals surface area contributed by atoms with Crippen LogP contribution in [0.3, 0.4) is 0 Å². The highest BCUT2D eigenvalue weighted by molar-refractivity contribution is 6.30. The molecule has 0 N–H and O–H groups in total. The van der Waals surface area contributed by atoms with E-state index >= 15 is 0 Å². The van der Waals surface area contributed by atoms with Gasteiger partial charge in [-0.25, -0.2) is 4.98 Å². The minimum atomic E-state index is -0.698. The molecule has 0 aromatic carbocycles. The molecule has 0 amide bonds. The number of halogens is 2. The van der Waals surface area contributed by atoms with Gasteiger partial charge in [-0.15, -0.1) is 0 Å². The van der Waals surface area contributed by atoms with Gasteiger partial charge in [0.05, 0.1) is 31.0 Å². The topological polar surface area (TPSA) is 40.6 Å². The van der Waals surface area contributed by atoms with Crippen LogP contribution in [-0.4, -0.2) is 31.1 Å². The third kappa shape index (κ3) is 3.04. The summed E-state index contributed by atoms with van der Waals surface area (Å²) < 4.78 is 28.5. The molecule has 0 radical (unpaired) electrons. The summed E-state index contributed by atoms with van der Waals surface area (Å²) in [7, 11) is 0. The van der Waals surface area contributed by atoms with Crippen molar-refractivity contribution in [1.29, 1.82) is 0 Å². The van der Waals surface area contributed by atoms with Crippen LogP contribution in [0, 0.1) is 5.95 Å². The zero-order valence-electron chi connectivity index (χ0n) is 8.49. The lowest BCUT2D eigenvalue weighted by Gasteiger charge is -2.10. The average molecular weight is 248 g/mol. The maximum absolute atomic E-state index is 12.7. The zero-order chi connectivity index (χ0) is 11.4. The quantitative estimate of drug-likeness (QED) is 0.764. The first kappa shape index (κ1) is 11.6. The van der Waals surface area contributed by atoms with Crippen LogP contribution in [0.4, 0.5) is 4.39 Å². The van der Waals surface area contributed by atoms with Crippen molar-refractivity contribution in [3.05, 3.63) is 23.2 Å². The molecule has 1 aliphatic rings. The predicted molar refractivity (Wildman–Crippen MR) is 55.0 cm³/mol. The maximum atomic E-state index is 12.7. The summed E-state index contributed by atoms with van der Waals surface area (Å²) in [6.45, 7) is 1.65. The molecule has 1 saturated heterocycles. The lowest BCUT2D eigenvalue weighted by Crippen LogP contribution is -2.12. The molecule has 1 aromatic rings. The van der Waals surface area contributed by atoms with E-state index in [-0.39, 0.29) is 11.3 Å². The van der Waals surface area contributed by atoms with Crippen LogP contribution in [0.25, 0.3) is 0 Å². The molecule has 88 valence electrons. The lowest BCUT2D eigenvalue weighted by molar-refractivity contribution is -0.0531. The van der Waals surface area contributed by atoms with Crippen LogP contribution in [-0.2, 0) is 9.47 Å². The van der Waals surface area contributed by atoms with Crippen molar-refractivity contribution < 1.29 is 18.6 Å². The van der Waals surface area contributed by atoms with Gasteiger partial charge in [0.2, 0.25) is 5.95 Å². The number of pyridine rings is 1. The van der Waals surface area contributed by atoms with Crippen LogP contribution in [0.1, 0.15) is 6.42 Å². The molecule has 1 aliphatic heterocycles. The highest BCUT2D eigenvalue weighted by atomic mass is 35.5. The summed E-state index contributed by atoms with van der Waals surface area (Å²) in [5.41, 5.74) is 0. The summed E-state index contributed by atoms with van der Waals surface area (Å²) in [5.74, 6) is -0.263. The average Bonchev–Trinajstić information content (AvgIpc) is 2.76. The second-order valence-electron chi connectivity index (χ2n) is 3.25. The van der Waals surface area contributed by atoms with E-state index in [2.05, 4.69) is 4.98 Å². The first-order valence-corrected chi connectivity index (χ1v) is 5.30. The SMILES string of the molecule is Fc1ncc(OCCC2OCCO2)cc1Cl. The standard InChI is InChI=1S/C10H11ClFNO3/c11-8-5-7(6-13-10(8)12)14-2-1-9-15-3-4-16-9/h5-6,9H,1-4H2. The van der Waals surface area contributed by atoms with Crippen molar-refractivity contribution in [2.24, 2.45) is 0 Å². The summed E-state index contributed by atoms with van der Waals surface area (Å²) in [5, 5.41) is -0.0501. The van der Waals surface area contributed by atoms with Gasteiger partial charge in [0, 0.05) is 12.5 Å². The van der Waals surface area contributed by atoms with E-state index in [1.807, 2.05) is 0 Å². The molecule has 6 heteroatoms. The highest BCUT2D eigenvalue weighted by Crippen LogP contribution is 2.19. The molecule has 0 unspecified atom stereocenters. The van der Waals surface area contributed by atoms with Crippen molar-refractivity contribution in [3.63, 3.8) is 0 Å². The fourth-order valence-electron chi connectivity index (χ4n) is 1.33. The molecule has 16 heavy (non-hydrogen) atoms. The van der Waals surface area contributed by atoms with Gasteiger partial charge >= 0.3 is 0 Å². The van der Waals surface area contributed by atoms with Crippen LogP contribution in [0.2, 0.25) is 5.02 Å². The van der Waals surface area contributed by atoms with Crippen molar-refractivity contribution in [2.75, 3.05) is 19.8 Å². The van der Waals surface area contributed by atoms with Crippen molar-refractivity contribution in [3.8, 4) is 5.75 Å². The second-order valence-corrected chi connectivity index (χ2v) is 3.66. The van der Waals surface area contributed by atoms with Gasteiger partial charge in [0.25, 0.3) is 0 Å². The van der Waals surface area contributed by atoms with E-state index in [1.165, 1.54) is 12.3 Å². The molecule has 0 bridgehead atoms. The Bertz CT molecular complexity index is 358. The molecule has 0 aliphatic carbocycles. The molecule has 2 heterocycles. The first-order chi connectivity index (χ1) is 7.75. The van der Waals surface area contributed by atoms with Gasteiger partial charge in [0.15, 0.2) is 6.29 Å². The van der Waals surface area contributed by atoms with Crippen LogP contribution >= 0.6 is 11.6 Å². The molecule has 0 saturated carbocycles. The number of nitrogens with zero attached hydrogens (tertiary/aromatic N) is 1. The third-order valence-corrected chi connectivity index (χ3v) is 2.35. The largest absolute Gasteiger partial charge is 0.492 e. The Morgan fingerprint density at radius 3 is 2.94 bits per heavy atom. The molecular weight excluding hydrogens is 237 g/mol. The van der Waals surface area contributed by atoms with Crippen molar-refractivity contribution in [1.82, 2.24) is 4.98 Å². The lowest BCUT2D eigenvalue weighted by atomic mass is 10.4. The number of hydrogen-bond acceptors (Lipinski definition) is 4. The number of aromatic nitrogens is 1. The fourth-order valence-corrected chi connectivity index (χ4v) is 1.49. The Kier molecular flexibility index (Phi) is 3.93. The summed E-state index contributed by atoms with van der Waals surface area (Å²) in [4.78, 5) is 3.44. The Morgan fingerprint density at radius 1 is 1.50 bits per heavy atom. The van der Waals surface area contributed by atoms with E-state index in [4.69, 9.17) is 25.8 Å². The smallest absolute Gasteiger partial charge is 0.231 e. The molecule has 1 aromatic heterocycles. The van der Waals surface area contributed by atoms with Gasteiger partial charge in [-0.05, 0) is 0 Å². The van der Waals surface area contributed by atoms with Gasteiger partial charge in [-0.1, -0.05) is 11.6 Å². The summed E-state index contributed by atoms with van der Waals surface area (Å²) in [6.07, 6.45) is 1.70. The molecule has 0 atom stereocenters. The first-order valence-electron chi connectivity index (χ1n) is 4.93. The van der Waals surface area contributed by atoms with Gasteiger partial charge in [-0.2, -0.15) is 4.39 Å². The van der Waals surface area contributed by atoms with Crippen molar-refractivity contribution in [2.45, 2.75) is 12.7 Å². The van der Waals surface area contributed by atoms with E-state index in [0.717, 1.165) is 0 Å². The monoisotopic (exact) mass is 247 g/mol. The number of ether oxygens (including phenoxy) is 3. The van der Waals surface area contributed by atoms with Gasteiger partial charge in [-0.3, -0.25) is 0 Å². The second kappa shape index (κ2) is 5.43. The fraction of sp³-hybridized carbons (Fsp3) is 0.500. The van der Waals surface area contributed by atoms with Crippen LogP contribution < -0.4 is 4.74 Å². The Hall–Kier alpha value is -0.910. The molecule has 4 nitrogen and oxygen atoms in total. The van der Waals surface area contributed by atoms with E-state index in [1.54, 1.807) is 0 Å². The molecular formula is C10H11ClFNO3. The maximum Gasteiger partial charge on any atom is 0.231 e. The minimum Gasteiger partial charge on any atom is -0.492 e. The highest BCUT2D eigenvalue weighted by Gasteiger charge is 2.15. The van der Waals surface area contributed by atoms with E-state index in [0.29, 0.717) is 32.0 Å². The zero-order valence-corrected chi connectivity index (χ0v) is 9.24. The van der Waals surface area contributed by atoms with Gasteiger partial charge in [0.1, 0.15) is 5.75 Å². The minimum absolute atomic E-state index is 0.0501. The van der Waals surface area contributed by atoms with E-state index in [9.17, 15) is 4.39 Å². The molecule has 2 rings (SSSR count). The number of hydrogen-bond donors (Lipinski definition) is 0. The normalized spacial score (nSPS) is 16.6. The Labute approximate surface area is 97.3 Å². The summed E-state index contributed by atoms with van der Waals surface area (Å²) in [6, 6.07) is 1.39.